The van der Waals surface area contributed by atoms with E-state index >= 15 is 0 Å². The fourth-order valence-corrected chi connectivity index (χ4v) is 1.36. The van der Waals surface area contributed by atoms with E-state index in [1.54, 1.807) is 19.1 Å². The summed E-state index contributed by atoms with van der Waals surface area (Å²) >= 11 is 0. The molecule has 94 valence electrons. The molecule has 0 amide bonds. The predicted octanol–water partition coefficient (Wildman–Crippen LogP) is 3.21. The molecule has 0 N–H and O–H groups in total. The summed E-state index contributed by atoms with van der Waals surface area (Å²) in [5.41, 5.74) is 0.524. The van der Waals surface area contributed by atoms with Crippen LogP contribution >= 0.6 is 0 Å². The van der Waals surface area contributed by atoms with Gasteiger partial charge in [0, 0.05) is 6.07 Å². The van der Waals surface area contributed by atoms with E-state index in [9.17, 15) is 14.5 Å². The molecule has 2 aromatic rings. The third kappa shape index (κ3) is 2.65. The number of halogens is 1. The zero-order valence-corrected chi connectivity index (χ0v) is 9.55. The number of hydrogen-bond donors (Lipinski definition) is 0. The largest absolute Gasteiger partial charge is 0.486 e. The van der Waals surface area contributed by atoms with Crippen LogP contribution in [0.25, 0.3) is 0 Å². The third-order valence-electron chi connectivity index (χ3n) is 2.35. The first kappa shape index (κ1) is 12.1. The number of aryl methyl sites for hydroxylation is 1. The zero-order chi connectivity index (χ0) is 13.1. The van der Waals surface area contributed by atoms with Crippen LogP contribution in [0.3, 0.4) is 0 Å². The molecule has 6 heteroatoms. The quantitative estimate of drug-likeness (QED) is 0.618. The van der Waals surface area contributed by atoms with Gasteiger partial charge in [-0.3, -0.25) is 10.1 Å². The highest BCUT2D eigenvalue weighted by atomic mass is 19.1. The lowest BCUT2D eigenvalue weighted by molar-refractivity contribution is -0.402. The van der Waals surface area contributed by atoms with Crippen LogP contribution in [-0.2, 0) is 6.61 Å². The summed E-state index contributed by atoms with van der Waals surface area (Å²) in [5, 5.41) is 10.4. The Hall–Kier alpha value is -2.37. The highest BCUT2D eigenvalue weighted by molar-refractivity contribution is 5.28. The molecule has 0 radical (unpaired) electrons. The van der Waals surface area contributed by atoms with E-state index in [-0.39, 0.29) is 18.3 Å². The van der Waals surface area contributed by atoms with Gasteiger partial charge in [0.1, 0.15) is 28.9 Å². The summed E-state index contributed by atoms with van der Waals surface area (Å²) in [6.07, 6.45) is 0. The topological polar surface area (TPSA) is 65.5 Å². The van der Waals surface area contributed by atoms with E-state index in [4.69, 9.17) is 9.15 Å². The van der Waals surface area contributed by atoms with Gasteiger partial charge < -0.3 is 9.15 Å². The molecular formula is C12H10FNO4. The highest BCUT2D eigenvalue weighted by Gasteiger charge is 2.12. The molecule has 0 aliphatic rings. The van der Waals surface area contributed by atoms with Gasteiger partial charge >= 0.3 is 5.88 Å². The van der Waals surface area contributed by atoms with Gasteiger partial charge in [-0.25, -0.2) is 4.39 Å². The van der Waals surface area contributed by atoms with Gasteiger partial charge in [0.2, 0.25) is 0 Å². The lowest BCUT2D eigenvalue weighted by Crippen LogP contribution is -1.95. The Morgan fingerprint density at radius 2 is 2.17 bits per heavy atom. The maximum Gasteiger partial charge on any atom is 0.433 e. The van der Waals surface area contributed by atoms with Crippen molar-refractivity contribution in [2.45, 2.75) is 13.5 Å². The normalized spacial score (nSPS) is 10.3. The molecule has 0 atom stereocenters. The minimum Gasteiger partial charge on any atom is -0.486 e. The number of nitro groups is 1. The van der Waals surface area contributed by atoms with Crippen LogP contribution in [0.2, 0.25) is 0 Å². The first-order chi connectivity index (χ1) is 8.56. The Kier molecular flexibility index (Phi) is 3.27. The molecule has 1 heterocycles. The van der Waals surface area contributed by atoms with Gasteiger partial charge in [-0.15, -0.1) is 0 Å². The molecular weight excluding hydrogens is 241 g/mol. The summed E-state index contributed by atoms with van der Waals surface area (Å²) in [6.45, 7) is 1.66. The second-order valence-corrected chi connectivity index (χ2v) is 3.70. The Bertz CT molecular complexity index is 579. The standard InChI is InChI=1S/C12H10FNO4/c1-8-2-3-9(6-11(8)13)17-7-10-4-5-12(18-10)14(15)16/h2-6H,7H2,1H3. The molecule has 0 unspecified atom stereocenters. The fraction of sp³-hybridized carbons (Fsp3) is 0.167. The van der Waals surface area contributed by atoms with Crippen molar-refractivity contribution in [3.05, 3.63) is 57.6 Å². The molecule has 0 aliphatic heterocycles. The Morgan fingerprint density at radius 1 is 1.39 bits per heavy atom. The molecule has 18 heavy (non-hydrogen) atoms. The molecule has 0 saturated heterocycles. The monoisotopic (exact) mass is 251 g/mol. The lowest BCUT2D eigenvalue weighted by atomic mass is 10.2. The highest BCUT2D eigenvalue weighted by Crippen LogP contribution is 2.20. The van der Waals surface area contributed by atoms with Crippen molar-refractivity contribution in [2.24, 2.45) is 0 Å². The van der Waals surface area contributed by atoms with Gasteiger partial charge in [0.05, 0.1) is 6.07 Å². The second-order valence-electron chi connectivity index (χ2n) is 3.70. The zero-order valence-electron chi connectivity index (χ0n) is 9.55. The van der Waals surface area contributed by atoms with E-state index in [1.807, 2.05) is 0 Å². The summed E-state index contributed by atoms with van der Waals surface area (Å²) in [5.74, 6) is -0.0542. The second kappa shape index (κ2) is 4.87. The number of nitrogens with zero attached hydrogens (tertiary/aromatic N) is 1. The van der Waals surface area contributed by atoms with Crippen LogP contribution in [0, 0.1) is 22.9 Å². The Balaban J connectivity index is 2.02. The van der Waals surface area contributed by atoms with Crippen LogP contribution in [0.4, 0.5) is 10.3 Å². The van der Waals surface area contributed by atoms with Crippen LogP contribution in [0.5, 0.6) is 5.75 Å². The molecule has 2 rings (SSSR count). The molecule has 0 saturated carbocycles. The summed E-state index contributed by atoms with van der Waals surface area (Å²) in [6, 6.07) is 7.16. The van der Waals surface area contributed by atoms with Crippen molar-refractivity contribution < 1.29 is 18.5 Å². The Labute approximate surface area is 102 Å². The van der Waals surface area contributed by atoms with E-state index in [2.05, 4.69) is 0 Å². The SMILES string of the molecule is Cc1ccc(OCc2ccc([N+](=O)[O-])o2)cc1F. The van der Waals surface area contributed by atoms with Gasteiger partial charge in [-0.1, -0.05) is 6.07 Å². The van der Waals surface area contributed by atoms with Crippen molar-refractivity contribution >= 4 is 5.88 Å². The van der Waals surface area contributed by atoms with Crippen LogP contribution in [-0.4, -0.2) is 4.92 Å². The minimum atomic E-state index is -0.630. The maximum atomic E-state index is 13.2. The van der Waals surface area contributed by atoms with Crippen molar-refractivity contribution in [3.8, 4) is 5.75 Å². The first-order valence-corrected chi connectivity index (χ1v) is 5.18. The van der Waals surface area contributed by atoms with Crippen LogP contribution in [0.1, 0.15) is 11.3 Å². The average Bonchev–Trinajstić information content (AvgIpc) is 2.79. The smallest absolute Gasteiger partial charge is 0.433 e. The molecule has 1 aromatic carbocycles. The van der Waals surface area contributed by atoms with Crippen molar-refractivity contribution in [2.75, 3.05) is 0 Å². The minimum absolute atomic E-state index is 0.0103. The Morgan fingerprint density at radius 3 is 2.78 bits per heavy atom. The number of benzene rings is 1. The molecule has 0 aliphatic carbocycles. The fourth-order valence-electron chi connectivity index (χ4n) is 1.36. The molecule has 0 fully saturated rings. The summed E-state index contributed by atoms with van der Waals surface area (Å²) < 4.78 is 23.4. The van der Waals surface area contributed by atoms with Crippen LogP contribution in [0.15, 0.2) is 34.7 Å². The summed E-state index contributed by atoms with van der Waals surface area (Å²) in [7, 11) is 0. The van der Waals surface area contributed by atoms with Crippen molar-refractivity contribution in [1.29, 1.82) is 0 Å². The van der Waals surface area contributed by atoms with E-state index in [0.29, 0.717) is 17.1 Å². The number of furan rings is 1. The van der Waals surface area contributed by atoms with Gasteiger partial charge in [-0.2, -0.15) is 0 Å². The molecule has 0 spiro atoms. The summed E-state index contributed by atoms with van der Waals surface area (Å²) in [4.78, 5) is 9.76. The van der Waals surface area contributed by atoms with Crippen LogP contribution < -0.4 is 4.74 Å². The van der Waals surface area contributed by atoms with Crippen molar-refractivity contribution in [3.63, 3.8) is 0 Å². The molecule has 0 bridgehead atoms. The number of hydrogen-bond acceptors (Lipinski definition) is 4. The molecule has 1 aromatic heterocycles. The van der Waals surface area contributed by atoms with Gasteiger partial charge in [-0.05, 0) is 24.6 Å². The average molecular weight is 251 g/mol. The predicted molar refractivity (Wildman–Crippen MR) is 60.8 cm³/mol. The lowest BCUT2D eigenvalue weighted by Gasteiger charge is -2.04. The third-order valence-corrected chi connectivity index (χ3v) is 2.35. The van der Waals surface area contributed by atoms with E-state index in [1.165, 1.54) is 18.2 Å². The maximum absolute atomic E-state index is 13.2. The van der Waals surface area contributed by atoms with E-state index < -0.39 is 4.92 Å². The van der Waals surface area contributed by atoms with Gasteiger partial charge in [0.25, 0.3) is 0 Å². The van der Waals surface area contributed by atoms with Gasteiger partial charge in [0.15, 0.2) is 0 Å². The number of rotatable bonds is 4. The van der Waals surface area contributed by atoms with Crippen molar-refractivity contribution in [1.82, 2.24) is 0 Å². The number of ether oxygens (including phenoxy) is 1. The molecule has 5 nitrogen and oxygen atoms in total. The van der Waals surface area contributed by atoms with E-state index in [0.717, 1.165) is 0 Å². The first-order valence-electron chi connectivity index (χ1n) is 5.18.